The first kappa shape index (κ1) is 13.7. The Bertz CT molecular complexity index is 314. The molecule has 1 atom stereocenters. The third-order valence-corrected chi connectivity index (χ3v) is 3.46. The monoisotopic (exact) mass is 241 g/mol. The van der Waals surface area contributed by atoms with Crippen LogP contribution in [0, 0.1) is 5.41 Å². The van der Waals surface area contributed by atoms with Gasteiger partial charge in [-0.25, -0.2) is 0 Å². The van der Waals surface area contributed by atoms with E-state index in [0.717, 1.165) is 23.8 Å². The number of hydrogen-bond acceptors (Lipinski definition) is 3. The van der Waals surface area contributed by atoms with E-state index in [-0.39, 0.29) is 5.41 Å². The fourth-order valence-electron chi connectivity index (χ4n) is 1.30. The van der Waals surface area contributed by atoms with E-state index in [0.29, 0.717) is 6.04 Å². The first-order valence-electron chi connectivity index (χ1n) is 5.73. The zero-order valence-corrected chi connectivity index (χ0v) is 11.8. The molecule has 1 heterocycles. The zero-order chi connectivity index (χ0) is 12.2. The number of hydrogen-bond donors (Lipinski definition) is 1. The number of furan rings is 1. The maximum Gasteiger partial charge on any atom is 0.118 e. The Labute approximate surface area is 103 Å². The van der Waals surface area contributed by atoms with E-state index in [9.17, 15) is 0 Å². The summed E-state index contributed by atoms with van der Waals surface area (Å²) in [7, 11) is 0. The molecular formula is C13H23NOS. The average molecular weight is 241 g/mol. The normalized spacial score (nSPS) is 14.1. The minimum Gasteiger partial charge on any atom is -0.464 e. The van der Waals surface area contributed by atoms with E-state index in [1.54, 1.807) is 11.8 Å². The summed E-state index contributed by atoms with van der Waals surface area (Å²) in [5.74, 6) is 3.04. The Balaban J connectivity index is 2.42. The van der Waals surface area contributed by atoms with Gasteiger partial charge in [0, 0.05) is 6.04 Å². The van der Waals surface area contributed by atoms with Crippen LogP contribution in [-0.4, -0.2) is 12.3 Å². The topological polar surface area (TPSA) is 25.2 Å². The molecule has 0 radical (unpaired) electrons. The van der Waals surface area contributed by atoms with Crippen molar-refractivity contribution in [3.05, 3.63) is 23.7 Å². The Morgan fingerprint density at radius 2 is 1.94 bits per heavy atom. The van der Waals surface area contributed by atoms with Crippen LogP contribution in [0.5, 0.6) is 0 Å². The highest BCUT2D eigenvalue weighted by Crippen LogP contribution is 2.19. The van der Waals surface area contributed by atoms with Crippen molar-refractivity contribution >= 4 is 11.8 Å². The molecule has 0 saturated heterocycles. The van der Waals surface area contributed by atoms with Crippen molar-refractivity contribution in [2.45, 2.75) is 46.0 Å². The van der Waals surface area contributed by atoms with Gasteiger partial charge >= 0.3 is 0 Å². The summed E-state index contributed by atoms with van der Waals surface area (Å²) in [5, 5.41) is 3.49. The van der Waals surface area contributed by atoms with Crippen molar-refractivity contribution in [3.63, 3.8) is 0 Å². The second-order valence-electron chi connectivity index (χ2n) is 5.27. The van der Waals surface area contributed by atoms with Gasteiger partial charge in [-0.15, -0.1) is 0 Å². The SMILES string of the molecule is CSCc1ccc(CNC(C)C(C)(C)C)o1. The molecule has 0 aliphatic rings. The van der Waals surface area contributed by atoms with Crippen molar-refractivity contribution in [2.75, 3.05) is 6.26 Å². The summed E-state index contributed by atoms with van der Waals surface area (Å²) in [6.45, 7) is 9.75. The van der Waals surface area contributed by atoms with Gasteiger partial charge in [0.05, 0.1) is 12.3 Å². The Morgan fingerprint density at radius 1 is 1.31 bits per heavy atom. The Morgan fingerprint density at radius 3 is 2.50 bits per heavy atom. The van der Waals surface area contributed by atoms with Crippen LogP contribution in [0.25, 0.3) is 0 Å². The number of nitrogens with one attached hydrogen (secondary N) is 1. The molecule has 0 aromatic carbocycles. The highest BCUT2D eigenvalue weighted by molar-refractivity contribution is 7.97. The first-order valence-corrected chi connectivity index (χ1v) is 7.13. The maximum absolute atomic E-state index is 5.70. The standard InChI is InChI=1S/C13H23NOS/c1-10(13(2,3)4)14-8-11-6-7-12(15-11)9-16-5/h6-7,10,14H,8-9H2,1-5H3. The van der Waals surface area contributed by atoms with Crippen LogP contribution < -0.4 is 5.32 Å². The van der Waals surface area contributed by atoms with Crippen molar-refractivity contribution in [2.24, 2.45) is 5.41 Å². The van der Waals surface area contributed by atoms with Gasteiger partial charge in [0.2, 0.25) is 0 Å². The third-order valence-electron chi connectivity index (χ3n) is 2.89. The fourth-order valence-corrected chi connectivity index (χ4v) is 1.74. The predicted octanol–water partition coefficient (Wildman–Crippen LogP) is 3.67. The molecule has 92 valence electrons. The molecule has 2 nitrogen and oxygen atoms in total. The van der Waals surface area contributed by atoms with Crippen LogP contribution in [0.15, 0.2) is 16.5 Å². The molecule has 0 saturated carbocycles. The Hall–Kier alpha value is -0.410. The molecule has 0 aliphatic carbocycles. The molecule has 1 N–H and O–H groups in total. The van der Waals surface area contributed by atoms with Gasteiger partial charge in [-0.05, 0) is 30.7 Å². The molecule has 1 aromatic rings. The molecule has 0 bridgehead atoms. The smallest absolute Gasteiger partial charge is 0.118 e. The van der Waals surface area contributed by atoms with Gasteiger partial charge in [0.25, 0.3) is 0 Å². The van der Waals surface area contributed by atoms with Gasteiger partial charge < -0.3 is 9.73 Å². The lowest BCUT2D eigenvalue weighted by atomic mass is 9.88. The van der Waals surface area contributed by atoms with Crippen molar-refractivity contribution < 1.29 is 4.42 Å². The average Bonchev–Trinajstić information content (AvgIpc) is 2.61. The maximum atomic E-state index is 5.70. The zero-order valence-electron chi connectivity index (χ0n) is 11.0. The molecule has 1 unspecified atom stereocenters. The van der Waals surface area contributed by atoms with Gasteiger partial charge in [-0.3, -0.25) is 0 Å². The summed E-state index contributed by atoms with van der Waals surface area (Å²) in [4.78, 5) is 0. The predicted molar refractivity (Wildman–Crippen MR) is 71.7 cm³/mol. The van der Waals surface area contributed by atoms with Crippen LogP contribution in [0.1, 0.15) is 39.2 Å². The largest absolute Gasteiger partial charge is 0.464 e. The summed E-state index contributed by atoms with van der Waals surface area (Å²) < 4.78 is 5.70. The van der Waals surface area contributed by atoms with E-state index in [2.05, 4.69) is 51.4 Å². The third kappa shape index (κ3) is 4.22. The molecule has 0 amide bonds. The van der Waals surface area contributed by atoms with Crippen LogP contribution in [0.2, 0.25) is 0 Å². The van der Waals surface area contributed by atoms with Crippen LogP contribution in [0.4, 0.5) is 0 Å². The van der Waals surface area contributed by atoms with E-state index < -0.39 is 0 Å². The molecule has 16 heavy (non-hydrogen) atoms. The van der Waals surface area contributed by atoms with E-state index in [1.807, 2.05) is 0 Å². The van der Waals surface area contributed by atoms with E-state index in [4.69, 9.17) is 4.42 Å². The minimum absolute atomic E-state index is 0.286. The molecule has 1 rings (SSSR count). The molecule has 0 spiro atoms. The highest BCUT2D eigenvalue weighted by Gasteiger charge is 2.19. The van der Waals surface area contributed by atoms with Gasteiger partial charge in [0.15, 0.2) is 0 Å². The molecule has 0 aliphatic heterocycles. The summed E-state index contributed by atoms with van der Waals surface area (Å²) in [6.07, 6.45) is 2.09. The van der Waals surface area contributed by atoms with E-state index in [1.165, 1.54) is 0 Å². The fraction of sp³-hybridized carbons (Fsp3) is 0.692. The lowest BCUT2D eigenvalue weighted by molar-refractivity contribution is 0.277. The van der Waals surface area contributed by atoms with Gasteiger partial charge in [-0.1, -0.05) is 20.8 Å². The van der Waals surface area contributed by atoms with Crippen LogP contribution in [-0.2, 0) is 12.3 Å². The highest BCUT2D eigenvalue weighted by atomic mass is 32.2. The van der Waals surface area contributed by atoms with Gasteiger partial charge in [-0.2, -0.15) is 11.8 Å². The summed E-state index contributed by atoms with van der Waals surface area (Å²) in [6, 6.07) is 4.60. The van der Waals surface area contributed by atoms with Crippen LogP contribution >= 0.6 is 11.8 Å². The van der Waals surface area contributed by atoms with Gasteiger partial charge in [0.1, 0.15) is 11.5 Å². The van der Waals surface area contributed by atoms with Crippen molar-refractivity contribution in [1.29, 1.82) is 0 Å². The lowest BCUT2D eigenvalue weighted by Crippen LogP contribution is -2.37. The number of rotatable bonds is 5. The summed E-state index contributed by atoms with van der Waals surface area (Å²) >= 11 is 1.78. The van der Waals surface area contributed by atoms with E-state index >= 15 is 0 Å². The van der Waals surface area contributed by atoms with Crippen LogP contribution in [0.3, 0.4) is 0 Å². The minimum atomic E-state index is 0.286. The molecule has 0 fully saturated rings. The number of thioether (sulfide) groups is 1. The second kappa shape index (κ2) is 5.78. The quantitative estimate of drug-likeness (QED) is 0.851. The summed E-state index contributed by atoms with van der Waals surface area (Å²) in [5.41, 5.74) is 0.286. The molecule has 1 aromatic heterocycles. The first-order chi connectivity index (χ1) is 7.43. The second-order valence-corrected chi connectivity index (χ2v) is 6.14. The van der Waals surface area contributed by atoms with Crippen molar-refractivity contribution in [1.82, 2.24) is 5.32 Å². The Kier molecular flexibility index (Phi) is 4.93. The van der Waals surface area contributed by atoms with Crippen molar-refractivity contribution in [3.8, 4) is 0 Å². The molecule has 3 heteroatoms. The molecular weight excluding hydrogens is 218 g/mol. The lowest BCUT2D eigenvalue weighted by Gasteiger charge is -2.27.